The third-order valence-electron chi connectivity index (χ3n) is 3.48. The number of rotatable bonds is 5. The van der Waals surface area contributed by atoms with Gasteiger partial charge in [0.1, 0.15) is 16.8 Å². The average molecular weight is 266 g/mol. The van der Waals surface area contributed by atoms with Crippen LogP contribution in [0.4, 0.5) is 5.82 Å². The lowest BCUT2D eigenvalue weighted by molar-refractivity contribution is 0.601. The fourth-order valence-corrected chi connectivity index (χ4v) is 2.49. The molecule has 98 valence electrons. The van der Waals surface area contributed by atoms with Gasteiger partial charge < -0.3 is 4.90 Å². The highest BCUT2D eigenvalue weighted by Crippen LogP contribution is 2.40. The van der Waals surface area contributed by atoms with E-state index in [0.29, 0.717) is 23.0 Å². The van der Waals surface area contributed by atoms with Crippen molar-refractivity contribution in [2.24, 2.45) is 5.92 Å². The molecule has 2 fully saturated rings. The predicted molar refractivity (Wildman–Crippen MR) is 74.2 cm³/mol. The van der Waals surface area contributed by atoms with E-state index in [2.05, 4.69) is 23.7 Å². The minimum absolute atomic E-state index is 0.558. The summed E-state index contributed by atoms with van der Waals surface area (Å²) in [6, 6.07) is 2.60. The topological polar surface area (TPSA) is 29.0 Å². The van der Waals surface area contributed by atoms with E-state index in [1.165, 1.54) is 25.7 Å². The van der Waals surface area contributed by atoms with Gasteiger partial charge in [-0.2, -0.15) is 0 Å². The molecule has 0 atom stereocenters. The Morgan fingerprint density at radius 1 is 1.28 bits per heavy atom. The first-order valence-corrected chi connectivity index (χ1v) is 7.32. The Balaban J connectivity index is 1.87. The monoisotopic (exact) mass is 265 g/mol. The Bertz CT molecular complexity index is 439. The van der Waals surface area contributed by atoms with Gasteiger partial charge in [0.05, 0.1) is 0 Å². The van der Waals surface area contributed by atoms with Gasteiger partial charge in [-0.05, 0) is 31.6 Å². The molecule has 0 N–H and O–H groups in total. The van der Waals surface area contributed by atoms with Gasteiger partial charge in [-0.3, -0.25) is 0 Å². The molecule has 18 heavy (non-hydrogen) atoms. The van der Waals surface area contributed by atoms with Crippen LogP contribution in [0.3, 0.4) is 0 Å². The van der Waals surface area contributed by atoms with Crippen molar-refractivity contribution in [2.75, 3.05) is 11.4 Å². The van der Waals surface area contributed by atoms with Crippen molar-refractivity contribution < 1.29 is 0 Å². The fourth-order valence-electron chi connectivity index (χ4n) is 2.30. The molecule has 0 bridgehead atoms. The summed E-state index contributed by atoms with van der Waals surface area (Å²) in [5.41, 5.74) is 0. The van der Waals surface area contributed by atoms with E-state index in [-0.39, 0.29) is 0 Å². The van der Waals surface area contributed by atoms with E-state index in [1.807, 2.05) is 6.07 Å². The highest BCUT2D eigenvalue weighted by atomic mass is 35.5. The number of anilines is 1. The van der Waals surface area contributed by atoms with E-state index < -0.39 is 0 Å². The van der Waals surface area contributed by atoms with Crippen LogP contribution in [-0.2, 0) is 0 Å². The third-order valence-corrected chi connectivity index (χ3v) is 3.68. The normalized spacial score (nSPS) is 19.3. The van der Waals surface area contributed by atoms with Crippen LogP contribution in [0.15, 0.2) is 6.07 Å². The number of hydrogen-bond donors (Lipinski definition) is 0. The zero-order valence-corrected chi connectivity index (χ0v) is 11.8. The molecule has 2 saturated carbocycles. The van der Waals surface area contributed by atoms with Crippen LogP contribution < -0.4 is 4.90 Å². The molecule has 0 aromatic carbocycles. The van der Waals surface area contributed by atoms with Crippen LogP contribution in [0, 0.1) is 5.92 Å². The lowest BCUT2D eigenvalue weighted by atomic mass is 10.2. The summed E-state index contributed by atoms with van der Waals surface area (Å²) in [6.07, 6.45) is 5.00. The van der Waals surface area contributed by atoms with Crippen molar-refractivity contribution in [3.8, 4) is 0 Å². The van der Waals surface area contributed by atoms with Crippen molar-refractivity contribution in [1.29, 1.82) is 0 Å². The minimum Gasteiger partial charge on any atom is -0.353 e. The van der Waals surface area contributed by atoms with Gasteiger partial charge in [0, 0.05) is 24.6 Å². The number of nitrogens with zero attached hydrogens (tertiary/aromatic N) is 3. The minimum atomic E-state index is 0.558. The molecule has 3 rings (SSSR count). The number of halogens is 1. The first-order chi connectivity index (χ1) is 8.63. The molecule has 3 nitrogen and oxygen atoms in total. The Kier molecular flexibility index (Phi) is 3.18. The standard InChI is InChI=1S/C14H20ClN3/c1-9(2)8-18(11-5-6-11)13-7-12(15)16-14(17-13)10-3-4-10/h7,9-11H,3-6,8H2,1-2H3. The molecule has 0 aliphatic heterocycles. The van der Waals surface area contributed by atoms with Crippen molar-refractivity contribution >= 4 is 17.4 Å². The van der Waals surface area contributed by atoms with Gasteiger partial charge in [-0.25, -0.2) is 9.97 Å². The summed E-state index contributed by atoms with van der Waals surface area (Å²) in [4.78, 5) is 11.5. The average Bonchev–Trinajstić information content (AvgIpc) is 3.16. The summed E-state index contributed by atoms with van der Waals surface area (Å²) >= 11 is 6.15. The van der Waals surface area contributed by atoms with Crippen LogP contribution >= 0.6 is 11.6 Å². The number of hydrogen-bond acceptors (Lipinski definition) is 3. The van der Waals surface area contributed by atoms with Gasteiger partial charge >= 0.3 is 0 Å². The molecule has 4 heteroatoms. The zero-order chi connectivity index (χ0) is 12.7. The Labute approximate surface area is 114 Å². The summed E-state index contributed by atoms with van der Waals surface area (Å²) in [7, 11) is 0. The van der Waals surface area contributed by atoms with Gasteiger partial charge in [-0.15, -0.1) is 0 Å². The van der Waals surface area contributed by atoms with Crippen molar-refractivity contribution in [2.45, 2.75) is 51.5 Å². The molecule has 2 aliphatic rings. The first-order valence-electron chi connectivity index (χ1n) is 6.94. The lowest BCUT2D eigenvalue weighted by Gasteiger charge is -2.25. The van der Waals surface area contributed by atoms with Crippen molar-refractivity contribution in [3.63, 3.8) is 0 Å². The second kappa shape index (κ2) is 4.69. The molecule has 0 spiro atoms. The maximum absolute atomic E-state index is 6.15. The summed E-state index contributed by atoms with van der Waals surface area (Å²) in [5.74, 6) is 3.19. The molecule has 1 aromatic rings. The van der Waals surface area contributed by atoms with Crippen molar-refractivity contribution in [3.05, 3.63) is 17.0 Å². The molecule has 0 saturated heterocycles. The van der Waals surface area contributed by atoms with E-state index in [0.717, 1.165) is 18.2 Å². The largest absolute Gasteiger partial charge is 0.353 e. The molecule has 0 radical (unpaired) electrons. The fraction of sp³-hybridized carbons (Fsp3) is 0.714. The lowest BCUT2D eigenvalue weighted by Crippen LogP contribution is -2.30. The van der Waals surface area contributed by atoms with Crippen LogP contribution in [0.2, 0.25) is 5.15 Å². The maximum atomic E-state index is 6.15. The second-order valence-electron chi connectivity index (χ2n) is 5.96. The smallest absolute Gasteiger partial charge is 0.135 e. The highest BCUT2D eigenvalue weighted by Gasteiger charge is 2.32. The van der Waals surface area contributed by atoms with Crippen LogP contribution in [-0.4, -0.2) is 22.6 Å². The third kappa shape index (κ3) is 2.77. The van der Waals surface area contributed by atoms with Gasteiger partial charge in [0.15, 0.2) is 0 Å². The molecule has 1 heterocycles. The first kappa shape index (κ1) is 12.2. The van der Waals surface area contributed by atoms with Crippen LogP contribution in [0.1, 0.15) is 51.3 Å². The Hall–Kier alpha value is -0.830. The SMILES string of the molecule is CC(C)CN(c1cc(Cl)nc(C2CC2)n1)C1CC1. The second-order valence-corrected chi connectivity index (χ2v) is 6.35. The summed E-state index contributed by atoms with van der Waals surface area (Å²) in [5, 5.41) is 0.594. The number of aromatic nitrogens is 2. The molecule has 1 aromatic heterocycles. The van der Waals surface area contributed by atoms with E-state index in [1.54, 1.807) is 0 Å². The molecular weight excluding hydrogens is 246 g/mol. The molecular formula is C14H20ClN3. The van der Waals surface area contributed by atoms with Gasteiger partial charge in [-0.1, -0.05) is 25.4 Å². The van der Waals surface area contributed by atoms with E-state index in [4.69, 9.17) is 16.6 Å². The van der Waals surface area contributed by atoms with Gasteiger partial charge in [0.2, 0.25) is 0 Å². The Morgan fingerprint density at radius 3 is 2.56 bits per heavy atom. The highest BCUT2D eigenvalue weighted by molar-refractivity contribution is 6.29. The van der Waals surface area contributed by atoms with E-state index >= 15 is 0 Å². The maximum Gasteiger partial charge on any atom is 0.135 e. The van der Waals surface area contributed by atoms with Crippen LogP contribution in [0.5, 0.6) is 0 Å². The van der Waals surface area contributed by atoms with Crippen molar-refractivity contribution in [1.82, 2.24) is 9.97 Å². The zero-order valence-electron chi connectivity index (χ0n) is 11.1. The quantitative estimate of drug-likeness (QED) is 0.762. The summed E-state index contributed by atoms with van der Waals surface area (Å²) in [6.45, 7) is 5.56. The summed E-state index contributed by atoms with van der Waals surface area (Å²) < 4.78 is 0. The molecule has 0 amide bonds. The Morgan fingerprint density at radius 2 is 2.00 bits per heavy atom. The van der Waals surface area contributed by atoms with Crippen LogP contribution in [0.25, 0.3) is 0 Å². The van der Waals surface area contributed by atoms with Gasteiger partial charge in [0.25, 0.3) is 0 Å². The molecule has 0 unspecified atom stereocenters. The predicted octanol–water partition coefficient (Wildman–Crippen LogP) is 3.63. The molecule has 2 aliphatic carbocycles. The van der Waals surface area contributed by atoms with E-state index in [9.17, 15) is 0 Å².